The van der Waals surface area contributed by atoms with Crippen LogP contribution in [0.4, 0.5) is 0 Å². The van der Waals surface area contributed by atoms with Gasteiger partial charge in [-0.1, -0.05) is 6.08 Å². The van der Waals surface area contributed by atoms with Gasteiger partial charge in [0.1, 0.15) is 12.2 Å². The van der Waals surface area contributed by atoms with Crippen molar-refractivity contribution in [3.05, 3.63) is 11.6 Å². The zero-order chi connectivity index (χ0) is 10.9. The maximum absolute atomic E-state index is 11.2. The summed E-state index contributed by atoms with van der Waals surface area (Å²) in [7, 11) is 0. The molecule has 0 radical (unpaired) electrons. The highest BCUT2D eigenvalue weighted by molar-refractivity contribution is 6.22. The second-order valence-electron chi connectivity index (χ2n) is 3.36. The van der Waals surface area contributed by atoms with Crippen molar-refractivity contribution in [2.45, 2.75) is 37.5 Å². The molecule has 0 bridgehead atoms. The van der Waals surface area contributed by atoms with Crippen LogP contribution in [0.25, 0.3) is 0 Å². The first-order chi connectivity index (χ1) is 6.43. The summed E-state index contributed by atoms with van der Waals surface area (Å²) in [4.78, 5) is 11.2. The van der Waals surface area contributed by atoms with E-state index >= 15 is 0 Å². The molecule has 1 heterocycles. The van der Waals surface area contributed by atoms with Crippen molar-refractivity contribution in [1.82, 2.24) is 0 Å². The van der Waals surface area contributed by atoms with Crippen molar-refractivity contribution in [3.63, 3.8) is 0 Å². The number of aliphatic hydroxyl groups is 2. The smallest absolute Gasteiger partial charge is 0.336 e. The number of ether oxygens (including phenoxy) is 1. The van der Waals surface area contributed by atoms with Gasteiger partial charge < -0.3 is 14.9 Å². The first kappa shape index (κ1) is 11.5. The molecule has 0 amide bonds. The van der Waals surface area contributed by atoms with E-state index in [2.05, 4.69) is 0 Å². The van der Waals surface area contributed by atoms with Gasteiger partial charge in [-0.3, -0.25) is 0 Å². The fraction of sp³-hybridized carbons (Fsp3) is 0.667. The number of alkyl halides is 1. The van der Waals surface area contributed by atoms with Crippen molar-refractivity contribution in [2.75, 3.05) is 0 Å². The lowest BCUT2D eigenvalue weighted by molar-refractivity contribution is -0.138. The van der Waals surface area contributed by atoms with Gasteiger partial charge >= 0.3 is 5.97 Å². The highest BCUT2D eigenvalue weighted by Crippen LogP contribution is 2.22. The van der Waals surface area contributed by atoms with E-state index in [9.17, 15) is 9.90 Å². The molecule has 80 valence electrons. The second-order valence-corrected chi connectivity index (χ2v) is 3.87. The molecule has 0 aromatic rings. The molecule has 1 unspecified atom stereocenters. The zero-order valence-electron chi connectivity index (χ0n) is 7.98. The van der Waals surface area contributed by atoms with Crippen LogP contribution in [0, 0.1) is 0 Å². The Hall–Kier alpha value is -0.580. The van der Waals surface area contributed by atoms with E-state index in [0.29, 0.717) is 0 Å². The van der Waals surface area contributed by atoms with Crippen LogP contribution < -0.4 is 0 Å². The van der Waals surface area contributed by atoms with E-state index in [0.717, 1.165) is 0 Å². The van der Waals surface area contributed by atoms with Gasteiger partial charge in [0.05, 0.1) is 17.1 Å². The van der Waals surface area contributed by atoms with Crippen molar-refractivity contribution in [1.29, 1.82) is 0 Å². The summed E-state index contributed by atoms with van der Waals surface area (Å²) in [6, 6.07) is 0. The third-order valence-corrected chi connectivity index (χ3v) is 2.58. The Morgan fingerprint density at radius 1 is 1.64 bits per heavy atom. The number of rotatable bonds is 2. The fourth-order valence-corrected chi connectivity index (χ4v) is 1.29. The van der Waals surface area contributed by atoms with Gasteiger partial charge in [0.25, 0.3) is 0 Å². The summed E-state index contributed by atoms with van der Waals surface area (Å²) in [6.07, 6.45) is -0.947. The van der Waals surface area contributed by atoms with E-state index in [1.54, 1.807) is 6.92 Å². The minimum atomic E-state index is -0.956. The maximum Gasteiger partial charge on any atom is 0.336 e. The fourth-order valence-electron chi connectivity index (χ4n) is 1.15. The van der Waals surface area contributed by atoms with Crippen LogP contribution in [0.5, 0.6) is 0 Å². The van der Waals surface area contributed by atoms with Gasteiger partial charge in [-0.05, 0) is 13.8 Å². The molecule has 0 aromatic heterocycles. The predicted octanol–water partition coefficient (Wildman–Crippen LogP) is 0.207. The molecule has 5 heteroatoms. The maximum atomic E-state index is 11.2. The van der Waals surface area contributed by atoms with Crippen LogP contribution in [0.2, 0.25) is 0 Å². The van der Waals surface area contributed by atoms with Gasteiger partial charge in [-0.2, -0.15) is 0 Å². The first-order valence-corrected chi connectivity index (χ1v) is 4.80. The number of carbonyl (C=O) groups is 1. The molecule has 1 aliphatic heterocycles. The predicted molar refractivity (Wildman–Crippen MR) is 51.0 cm³/mol. The Balaban J connectivity index is 2.81. The average Bonchev–Trinajstić information content (AvgIpc) is 2.32. The number of esters is 1. The topological polar surface area (TPSA) is 66.8 Å². The van der Waals surface area contributed by atoms with Crippen molar-refractivity contribution in [3.8, 4) is 0 Å². The number of carbonyl (C=O) groups excluding carboxylic acids is 1. The molecule has 4 nitrogen and oxygen atoms in total. The molecule has 1 aliphatic rings. The van der Waals surface area contributed by atoms with Gasteiger partial charge in [0.2, 0.25) is 0 Å². The molecule has 0 aliphatic carbocycles. The summed E-state index contributed by atoms with van der Waals surface area (Å²) < 4.78 is 4.77. The summed E-state index contributed by atoms with van der Waals surface area (Å²) in [6.45, 7) is 3.10. The zero-order valence-corrected chi connectivity index (χ0v) is 8.73. The Morgan fingerprint density at radius 3 is 2.57 bits per heavy atom. The SMILES string of the molecule is CC(O)[C@@H](Cl)/C=C1/C(=O)O[C@H](C)[C@@H]1O. The number of aliphatic hydroxyl groups excluding tert-OH is 2. The molecular formula is C9H13ClO4. The number of hydrogen-bond acceptors (Lipinski definition) is 4. The third-order valence-electron chi connectivity index (χ3n) is 2.09. The normalized spacial score (nSPS) is 34.4. The van der Waals surface area contributed by atoms with Crippen LogP contribution in [0.15, 0.2) is 11.6 Å². The van der Waals surface area contributed by atoms with Crippen LogP contribution >= 0.6 is 11.6 Å². The van der Waals surface area contributed by atoms with Crippen molar-refractivity contribution < 1.29 is 19.7 Å². The van der Waals surface area contributed by atoms with Crippen LogP contribution in [0.1, 0.15) is 13.8 Å². The molecule has 0 spiro atoms. The van der Waals surface area contributed by atoms with E-state index in [-0.39, 0.29) is 5.57 Å². The van der Waals surface area contributed by atoms with Crippen LogP contribution in [0.3, 0.4) is 0 Å². The lowest BCUT2D eigenvalue weighted by atomic mass is 10.1. The van der Waals surface area contributed by atoms with Gasteiger partial charge in [0, 0.05) is 0 Å². The molecule has 2 N–H and O–H groups in total. The molecule has 4 atom stereocenters. The summed E-state index contributed by atoms with van der Waals surface area (Å²) in [5.74, 6) is -0.573. The minimum Gasteiger partial charge on any atom is -0.456 e. The van der Waals surface area contributed by atoms with Crippen LogP contribution in [-0.2, 0) is 9.53 Å². The van der Waals surface area contributed by atoms with Crippen molar-refractivity contribution >= 4 is 17.6 Å². The third kappa shape index (κ3) is 2.26. The summed E-state index contributed by atoms with van der Waals surface area (Å²) in [5.41, 5.74) is 0.124. The van der Waals surface area contributed by atoms with E-state index in [4.69, 9.17) is 21.4 Å². The quantitative estimate of drug-likeness (QED) is 0.397. The molecule has 14 heavy (non-hydrogen) atoms. The number of cyclic esters (lactones) is 1. The number of halogens is 1. The van der Waals surface area contributed by atoms with Gasteiger partial charge in [0.15, 0.2) is 0 Å². The highest BCUT2D eigenvalue weighted by atomic mass is 35.5. The van der Waals surface area contributed by atoms with Crippen LogP contribution in [-0.4, -0.2) is 39.9 Å². The standard InChI is InChI=1S/C9H13ClO4/c1-4(11)7(10)3-6-8(12)5(2)14-9(6)13/h3-5,7-8,11-12H,1-2H3/b6-3+/t4?,5-,7+,8+/m1/s1. The molecule has 1 saturated heterocycles. The molecule has 0 saturated carbocycles. The Morgan fingerprint density at radius 2 is 2.21 bits per heavy atom. The second kappa shape index (κ2) is 4.29. The Kier molecular flexibility index (Phi) is 3.53. The summed E-state index contributed by atoms with van der Waals surface area (Å²) >= 11 is 5.73. The van der Waals surface area contributed by atoms with E-state index < -0.39 is 29.7 Å². The Bertz CT molecular complexity index is 262. The molecule has 0 aromatic carbocycles. The van der Waals surface area contributed by atoms with E-state index in [1.165, 1.54) is 13.0 Å². The minimum absolute atomic E-state index is 0.124. The number of hydrogen-bond donors (Lipinski definition) is 2. The lowest BCUT2D eigenvalue weighted by Gasteiger charge is -2.09. The lowest BCUT2D eigenvalue weighted by Crippen LogP contribution is -2.21. The summed E-state index contributed by atoms with van der Waals surface area (Å²) in [5, 5.41) is 17.9. The molecule has 1 rings (SSSR count). The monoisotopic (exact) mass is 220 g/mol. The van der Waals surface area contributed by atoms with Gasteiger partial charge in [-0.25, -0.2) is 4.79 Å². The first-order valence-electron chi connectivity index (χ1n) is 4.36. The van der Waals surface area contributed by atoms with Gasteiger partial charge in [-0.15, -0.1) is 11.6 Å². The van der Waals surface area contributed by atoms with Crippen molar-refractivity contribution in [2.24, 2.45) is 0 Å². The molecule has 1 fully saturated rings. The average molecular weight is 221 g/mol. The van der Waals surface area contributed by atoms with E-state index in [1.807, 2.05) is 0 Å². The largest absolute Gasteiger partial charge is 0.456 e. The molecular weight excluding hydrogens is 208 g/mol. The Labute approximate surface area is 87.1 Å². The highest BCUT2D eigenvalue weighted by Gasteiger charge is 2.36.